The topological polar surface area (TPSA) is 17.8 Å². The molecule has 1 fully saturated rings. The molecular formula is C15H17ClFIN2. The highest BCUT2D eigenvalue weighted by Gasteiger charge is 2.41. The summed E-state index contributed by atoms with van der Waals surface area (Å²) in [5.41, 5.74) is 2.18. The van der Waals surface area contributed by atoms with Crippen LogP contribution in [0.5, 0.6) is 0 Å². The summed E-state index contributed by atoms with van der Waals surface area (Å²) in [6, 6.07) is 3.44. The second-order valence-electron chi connectivity index (χ2n) is 5.66. The van der Waals surface area contributed by atoms with Gasteiger partial charge in [0.15, 0.2) is 0 Å². The Morgan fingerprint density at radius 3 is 2.80 bits per heavy atom. The number of aryl methyl sites for hydroxylation is 1. The van der Waals surface area contributed by atoms with Crippen LogP contribution in [0.2, 0.25) is 0 Å². The fraction of sp³-hybridized carbons (Fsp3) is 0.533. The van der Waals surface area contributed by atoms with E-state index in [9.17, 15) is 4.39 Å². The number of alkyl halides is 1. The fourth-order valence-electron chi connectivity index (χ4n) is 2.76. The third-order valence-corrected chi connectivity index (χ3v) is 5.40. The molecule has 0 spiro atoms. The van der Waals surface area contributed by atoms with Gasteiger partial charge in [0.2, 0.25) is 0 Å². The molecule has 1 aliphatic rings. The number of hydrogen-bond acceptors (Lipinski definition) is 1. The molecule has 1 aromatic heterocycles. The minimum Gasteiger partial charge on any atom is -0.327 e. The Kier molecular flexibility index (Phi) is 3.97. The van der Waals surface area contributed by atoms with Crippen LogP contribution < -0.4 is 0 Å². The second-order valence-corrected chi connectivity index (χ2v) is 7.20. The van der Waals surface area contributed by atoms with Gasteiger partial charge in [-0.3, -0.25) is 0 Å². The van der Waals surface area contributed by atoms with Crippen molar-refractivity contribution in [3.05, 3.63) is 27.3 Å². The van der Waals surface area contributed by atoms with Gasteiger partial charge in [-0.1, -0.05) is 6.92 Å². The van der Waals surface area contributed by atoms with Crippen molar-refractivity contribution >= 4 is 45.2 Å². The predicted octanol–water partition coefficient (Wildman–Crippen LogP) is 4.75. The Labute approximate surface area is 136 Å². The first kappa shape index (κ1) is 14.6. The fourth-order valence-corrected chi connectivity index (χ4v) is 3.38. The number of halogens is 3. The summed E-state index contributed by atoms with van der Waals surface area (Å²) in [4.78, 5) is 4.66. The zero-order valence-electron chi connectivity index (χ0n) is 11.4. The molecular weight excluding hydrogens is 390 g/mol. The van der Waals surface area contributed by atoms with Crippen molar-refractivity contribution in [1.82, 2.24) is 9.55 Å². The van der Waals surface area contributed by atoms with Crippen molar-refractivity contribution in [3.8, 4) is 0 Å². The largest absolute Gasteiger partial charge is 0.327 e. The van der Waals surface area contributed by atoms with Crippen molar-refractivity contribution < 1.29 is 4.39 Å². The predicted molar refractivity (Wildman–Crippen MR) is 88.8 cm³/mol. The van der Waals surface area contributed by atoms with E-state index < -0.39 is 0 Å². The minimum atomic E-state index is -0.169. The third-order valence-electron chi connectivity index (χ3n) is 4.39. The van der Waals surface area contributed by atoms with Crippen molar-refractivity contribution in [2.45, 2.75) is 39.2 Å². The molecule has 0 bridgehead atoms. The SMILES string of the molecule is CCC1(Cn2c(CCCl)nc3cc(I)c(F)cc32)CC1. The third kappa shape index (κ3) is 2.56. The van der Waals surface area contributed by atoms with Crippen LogP contribution in [0, 0.1) is 14.8 Å². The van der Waals surface area contributed by atoms with E-state index in [1.54, 1.807) is 6.07 Å². The number of hydrogen-bond donors (Lipinski definition) is 0. The van der Waals surface area contributed by atoms with E-state index >= 15 is 0 Å². The Hall–Kier alpha value is -0.360. The zero-order chi connectivity index (χ0) is 14.3. The van der Waals surface area contributed by atoms with E-state index in [-0.39, 0.29) is 5.82 Å². The molecule has 0 amide bonds. The lowest BCUT2D eigenvalue weighted by Crippen LogP contribution is -2.14. The first-order chi connectivity index (χ1) is 9.58. The van der Waals surface area contributed by atoms with Gasteiger partial charge in [-0.2, -0.15) is 0 Å². The maximum atomic E-state index is 13.9. The Balaban J connectivity index is 2.10. The van der Waals surface area contributed by atoms with Gasteiger partial charge in [-0.25, -0.2) is 9.37 Å². The molecule has 0 N–H and O–H groups in total. The lowest BCUT2D eigenvalue weighted by atomic mass is 10.0. The number of imidazole rings is 1. The monoisotopic (exact) mass is 406 g/mol. The van der Waals surface area contributed by atoms with E-state index in [0.29, 0.717) is 14.9 Å². The number of benzene rings is 1. The number of nitrogens with zero attached hydrogens (tertiary/aromatic N) is 2. The molecule has 1 heterocycles. The van der Waals surface area contributed by atoms with Gasteiger partial charge in [0, 0.05) is 24.9 Å². The highest BCUT2D eigenvalue weighted by Crippen LogP contribution is 2.50. The molecule has 20 heavy (non-hydrogen) atoms. The van der Waals surface area contributed by atoms with E-state index in [1.807, 2.05) is 28.7 Å². The first-order valence-corrected chi connectivity index (χ1v) is 8.60. The average molecular weight is 407 g/mol. The summed E-state index contributed by atoms with van der Waals surface area (Å²) in [6.07, 6.45) is 4.42. The summed E-state index contributed by atoms with van der Waals surface area (Å²) in [5.74, 6) is 1.36. The van der Waals surface area contributed by atoms with E-state index in [2.05, 4.69) is 16.5 Å². The van der Waals surface area contributed by atoms with Crippen LogP contribution >= 0.6 is 34.2 Å². The molecule has 1 saturated carbocycles. The molecule has 2 aromatic rings. The van der Waals surface area contributed by atoms with Crippen LogP contribution in [0.3, 0.4) is 0 Å². The van der Waals surface area contributed by atoms with Gasteiger partial charge in [0.05, 0.1) is 14.6 Å². The molecule has 0 atom stereocenters. The number of fused-ring (bicyclic) bond motifs is 1. The second kappa shape index (κ2) is 5.44. The molecule has 5 heteroatoms. The van der Waals surface area contributed by atoms with Crippen LogP contribution in [0.1, 0.15) is 32.0 Å². The summed E-state index contributed by atoms with van der Waals surface area (Å²) >= 11 is 7.90. The highest BCUT2D eigenvalue weighted by atomic mass is 127. The van der Waals surface area contributed by atoms with Crippen LogP contribution in [-0.2, 0) is 13.0 Å². The molecule has 2 nitrogen and oxygen atoms in total. The average Bonchev–Trinajstić information content (AvgIpc) is 3.13. The van der Waals surface area contributed by atoms with Crippen molar-refractivity contribution in [2.24, 2.45) is 5.41 Å². The molecule has 0 aliphatic heterocycles. The van der Waals surface area contributed by atoms with Crippen LogP contribution in [0.25, 0.3) is 11.0 Å². The molecule has 1 aromatic carbocycles. The molecule has 0 unspecified atom stereocenters. The Morgan fingerprint density at radius 2 is 2.20 bits per heavy atom. The van der Waals surface area contributed by atoms with Crippen LogP contribution in [-0.4, -0.2) is 15.4 Å². The quantitative estimate of drug-likeness (QED) is 0.517. The molecule has 1 aliphatic carbocycles. The van der Waals surface area contributed by atoms with Gasteiger partial charge < -0.3 is 4.57 Å². The lowest BCUT2D eigenvalue weighted by molar-refractivity contribution is 0.408. The maximum absolute atomic E-state index is 13.9. The minimum absolute atomic E-state index is 0.169. The van der Waals surface area contributed by atoms with E-state index in [0.717, 1.165) is 29.8 Å². The van der Waals surface area contributed by atoms with Gasteiger partial charge in [0.1, 0.15) is 11.6 Å². The van der Waals surface area contributed by atoms with Gasteiger partial charge >= 0.3 is 0 Å². The van der Waals surface area contributed by atoms with Crippen molar-refractivity contribution in [3.63, 3.8) is 0 Å². The number of rotatable bonds is 5. The molecule has 108 valence electrons. The van der Waals surface area contributed by atoms with Crippen molar-refractivity contribution in [1.29, 1.82) is 0 Å². The maximum Gasteiger partial charge on any atom is 0.138 e. The van der Waals surface area contributed by atoms with Gasteiger partial charge in [0.25, 0.3) is 0 Å². The molecule has 0 saturated heterocycles. The summed E-state index contributed by atoms with van der Waals surface area (Å²) in [6.45, 7) is 3.17. The molecule has 3 rings (SSSR count). The normalized spacial score (nSPS) is 16.8. The van der Waals surface area contributed by atoms with Crippen molar-refractivity contribution in [2.75, 3.05) is 5.88 Å². The van der Waals surface area contributed by atoms with Crippen LogP contribution in [0.15, 0.2) is 12.1 Å². The van der Waals surface area contributed by atoms with Gasteiger partial charge in [-0.05, 0) is 53.3 Å². The Bertz CT molecular complexity index is 649. The molecule has 0 radical (unpaired) electrons. The Morgan fingerprint density at radius 1 is 1.45 bits per heavy atom. The highest BCUT2D eigenvalue weighted by molar-refractivity contribution is 14.1. The summed E-state index contributed by atoms with van der Waals surface area (Å²) in [7, 11) is 0. The number of aromatic nitrogens is 2. The van der Waals surface area contributed by atoms with Gasteiger partial charge in [-0.15, -0.1) is 11.6 Å². The van der Waals surface area contributed by atoms with E-state index in [4.69, 9.17) is 11.6 Å². The summed E-state index contributed by atoms with van der Waals surface area (Å²) in [5, 5.41) is 0. The zero-order valence-corrected chi connectivity index (χ0v) is 14.3. The standard InChI is InChI=1S/C15H17ClFIN2/c1-2-15(4-5-15)9-20-13-7-10(17)11(18)8-12(13)19-14(20)3-6-16/h7-8H,2-6,9H2,1H3. The lowest BCUT2D eigenvalue weighted by Gasteiger charge is -2.16. The summed E-state index contributed by atoms with van der Waals surface area (Å²) < 4.78 is 16.7. The smallest absolute Gasteiger partial charge is 0.138 e. The first-order valence-electron chi connectivity index (χ1n) is 6.99. The van der Waals surface area contributed by atoms with E-state index in [1.165, 1.54) is 19.3 Å². The van der Waals surface area contributed by atoms with Crippen LogP contribution in [0.4, 0.5) is 4.39 Å².